The summed E-state index contributed by atoms with van der Waals surface area (Å²) in [5.41, 5.74) is 0. The van der Waals surface area contributed by atoms with Gasteiger partial charge in [0.15, 0.2) is 0 Å². The van der Waals surface area contributed by atoms with Gasteiger partial charge in [-0.3, -0.25) is 0 Å². The van der Waals surface area contributed by atoms with Gasteiger partial charge >= 0.3 is 25.6 Å². The summed E-state index contributed by atoms with van der Waals surface area (Å²) in [5.74, 6) is 0. The van der Waals surface area contributed by atoms with Gasteiger partial charge in [0.05, 0.1) is 0 Å². The molecular weight excluding hydrogens is 186 g/mol. The molecule has 0 bridgehead atoms. The Morgan fingerprint density at radius 1 is 1.25 bits per heavy atom. The molecule has 0 rings (SSSR count). The van der Waals surface area contributed by atoms with Crippen LogP contribution in [0.25, 0.3) is 0 Å². The number of hydrogen-bond acceptors (Lipinski definition) is 1. The van der Waals surface area contributed by atoms with E-state index in [4.69, 9.17) is 3.08 Å². The monoisotopic (exact) mass is 187 g/mol. The number of rotatable bonds is 0. The van der Waals surface area contributed by atoms with E-state index in [1.54, 1.807) is 0 Å². The molecule has 0 amide bonds. The van der Waals surface area contributed by atoms with Crippen molar-refractivity contribution in [1.82, 2.24) is 0 Å². The van der Waals surface area contributed by atoms with Crippen molar-refractivity contribution in [3.63, 3.8) is 0 Å². The summed E-state index contributed by atoms with van der Waals surface area (Å²) in [7, 11) is 0. The fraction of sp³-hybridized carbons (Fsp3) is 0. The van der Waals surface area contributed by atoms with Crippen LogP contribution < -0.4 is 0 Å². The molecule has 0 fully saturated rings. The van der Waals surface area contributed by atoms with E-state index in [-0.39, 0.29) is 40.5 Å². The predicted octanol–water partition coefficient (Wildman–Crippen LogP) is -1.26. The van der Waals surface area contributed by atoms with Crippen molar-refractivity contribution in [3.8, 4) is 0 Å². The Labute approximate surface area is 65.3 Å². The summed E-state index contributed by atoms with van der Waals surface area (Å²) in [6, 6.07) is 0. The average Bonchev–Trinajstić information content (AvgIpc) is 1.00. The first kappa shape index (κ1) is 17.0. The molecule has 0 aliphatic rings. The maximum atomic E-state index is 8.34. The first-order valence-electron chi connectivity index (χ1n) is 0.204. The van der Waals surface area contributed by atoms with Gasteiger partial charge in [0.2, 0.25) is 0 Å². The maximum Gasteiger partial charge on any atom is 0 e. The van der Waals surface area contributed by atoms with Crippen LogP contribution in [0, 0.1) is 0 Å². The maximum absolute atomic E-state index is 8.34. The van der Waals surface area contributed by atoms with Crippen LogP contribution in [0.3, 0.4) is 0 Å². The Morgan fingerprint density at radius 3 is 1.25 bits per heavy atom. The predicted molar refractivity (Wildman–Crippen MR) is 17.9 cm³/mol. The first-order chi connectivity index (χ1) is 1.00. The van der Waals surface area contributed by atoms with Crippen LogP contribution in [-0.2, 0) is 3.08 Å². The number of hydrogen-bond donors (Lipinski definition) is 0. The Hall–Kier alpha value is 1.82. The van der Waals surface area contributed by atoms with Crippen molar-refractivity contribution in [3.05, 3.63) is 0 Å². The molecule has 0 atom stereocenters. The van der Waals surface area contributed by atoms with E-state index in [0.717, 1.165) is 0 Å². The van der Waals surface area contributed by atoms with E-state index in [1.165, 1.54) is 0 Å². The molecule has 0 heterocycles. The SMILES string of the molecule is [Na].[O]=[Sn].[Si]. The van der Waals surface area contributed by atoms with Gasteiger partial charge in [-0.15, -0.1) is 0 Å². The zero-order chi connectivity index (χ0) is 2.00. The first-order valence-corrected chi connectivity index (χ1v) is 1.37. The summed E-state index contributed by atoms with van der Waals surface area (Å²) in [5, 5.41) is 0. The fourth-order valence-electron chi connectivity index (χ4n) is 0. The van der Waals surface area contributed by atoms with Crippen LogP contribution >= 0.6 is 0 Å². The van der Waals surface area contributed by atoms with E-state index >= 15 is 0 Å². The molecule has 0 aliphatic carbocycles. The van der Waals surface area contributed by atoms with Crippen LogP contribution in [0.5, 0.6) is 0 Å². The van der Waals surface area contributed by atoms with Crippen LogP contribution in [-0.4, -0.2) is 63.0 Å². The van der Waals surface area contributed by atoms with Crippen molar-refractivity contribution in [2.24, 2.45) is 0 Å². The zero-order valence-corrected chi connectivity index (χ0v) is 8.26. The quantitative estimate of drug-likeness (QED) is 0.431. The largest absolute Gasteiger partial charge is 0 e. The Morgan fingerprint density at radius 2 is 1.25 bits per heavy atom. The van der Waals surface area contributed by atoms with E-state index < -0.39 is 0 Å². The second-order valence-corrected chi connectivity index (χ2v) is 0. The van der Waals surface area contributed by atoms with Gasteiger partial charge in [0, 0.05) is 40.5 Å². The van der Waals surface area contributed by atoms with Crippen molar-refractivity contribution in [2.75, 3.05) is 0 Å². The molecule has 7 radical (unpaired) electrons. The topological polar surface area (TPSA) is 17.1 Å². The van der Waals surface area contributed by atoms with Crippen LogP contribution in [0.2, 0.25) is 0 Å². The van der Waals surface area contributed by atoms with Crippen molar-refractivity contribution >= 4 is 63.0 Å². The van der Waals surface area contributed by atoms with Crippen LogP contribution in [0.4, 0.5) is 0 Å². The van der Waals surface area contributed by atoms with E-state index in [9.17, 15) is 0 Å². The van der Waals surface area contributed by atoms with Gasteiger partial charge in [-0.1, -0.05) is 0 Å². The molecule has 0 saturated heterocycles. The van der Waals surface area contributed by atoms with Crippen molar-refractivity contribution in [1.29, 1.82) is 0 Å². The molecule has 0 aromatic heterocycles. The molecule has 0 aliphatic heterocycles. The second-order valence-electron chi connectivity index (χ2n) is 0. The van der Waals surface area contributed by atoms with Crippen LogP contribution in [0.15, 0.2) is 0 Å². The Balaban J connectivity index is -0.00000000500. The minimum Gasteiger partial charge on any atom is 0 e. The molecular formula is NaOSiSn. The molecule has 0 spiro atoms. The van der Waals surface area contributed by atoms with Crippen molar-refractivity contribution in [2.45, 2.75) is 0 Å². The summed E-state index contributed by atoms with van der Waals surface area (Å²) >= 11 is 0.300. The molecule has 4 heavy (non-hydrogen) atoms. The summed E-state index contributed by atoms with van der Waals surface area (Å²) in [4.78, 5) is 0. The van der Waals surface area contributed by atoms with Crippen molar-refractivity contribution < 1.29 is 3.08 Å². The Kier molecular flexibility index (Phi) is 90.5. The second kappa shape index (κ2) is 21.3. The van der Waals surface area contributed by atoms with Gasteiger partial charge in [-0.2, -0.15) is 0 Å². The van der Waals surface area contributed by atoms with E-state index in [2.05, 4.69) is 0 Å². The van der Waals surface area contributed by atoms with Crippen LogP contribution in [0.1, 0.15) is 0 Å². The van der Waals surface area contributed by atoms with Gasteiger partial charge in [0.25, 0.3) is 0 Å². The average molecular weight is 186 g/mol. The standard InChI is InChI=1S/Na.O.Si.Sn. The third-order valence-electron chi connectivity index (χ3n) is 0. The molecule has 1 nitrogen and oxygen atoms in total. The molecule has 4 heteroatoms. The smallest absolute Gasteiger partial charge is 0 e. The molecule has 0 aromatic carbocycles. The van der Waals surface area contributed by atoms with Gasteiger partial charge < -0.3 is 0 Å². The van der Waals surface area contributed by atoms with Gasteiger partial charge in [0.1, 0.15) is 0 Å². The third kappa shape index (κ3) is 9.18. The summed E-state index contributed by atoms with van der Waals surface area (Å²) < 4.78 is 8.34. The minimum absolute atomic E-state index is 0. The zero-order valence-electron chi connectivity index (χ0n) is 2.41. The molecule has 0 aromatic rings. The molecule has 0 unspecified atom stereocenters. The summed E-state index contributed by atoms with van der Waals surface area (Å²) in [6.07, 6.45) is 0. The minimum atomic E-state index is 0. The summed E-state index contributed by atoms with van der Waals surface area (Å²) in [6.45, 7) is 0. The third-order valence-corrected chi connectivity index (χ3v) is 0. The van der Waals surface area contributed by atoms with Gasteiger partial charge in [-0.25, -0.2) is 0 Å². The Bertz CT molecular complexity index is 8.00. The molecule has 0 saturated carbocycles. The molecule has 15 valence electrons. The van der Waals surface area contributed by atoms with E-state index in [1.807, 2.05) is 0 Å². The normalized spacial score (nSPS) is 1.00. The fourth-order valence-corrected chi connectivity index (χ4v) is 0. The van der Waals surface area contributed by atoms with E-state index in [0.29, 0.717) is 22.5 Å². The van der Waals surface area contributed by atoms with Gasteiger partial charge in [-0.05, 0) is 0 Å². The molecule has 0 N–H and O–H groups in total.